The first-order valence-corrected chi connectivity index (χ1v) is 7.38. The van der Waals surface area contributed by atoms with Crippen LogP contribution in [0.4, 0.5) is 0 Å². The lowest BCUT2D eigenvalue weighted by atomic mass is 10.2. The Bertz CT molecular complexity index is 298. The molecule has 0 amide bonds. The van der Waals surface area contributed by atoms with Gasteiger partial charge in [0.05, 0.1) is 0 Å². The van der Waals surface area contributed by atoms with Crippen molar-refractivity contribution in [2.24, 2.45) is 0 Å². The Morgan fingerprint density at radius 1 is 0.857 bits per heavy atom. The minimum atomic E-state index is -0.752. The Morgan fingerprint density at radius 3 is 1.50 bits per heavy atom. The fourth-order valence-electron chi connectivity index (χ4n) is 0.872. The van der Waals surface area contributed by atoms with Gasteiger partial charge < -0.3 is 0 Å². The second-order valence-corrected chi connectivity index (χ2v) is 12.4. The van der Waals surface area contributed by atoms with Gasteiger partial charge in [0.15, 0.2) is 5.39 Å². The van der Waals surface area contributed by atoms with E-state index in [-0.39, 0.29) is 0 Å². The highest BCUT2D eigenvalue weighted by molar-refractivity contribution is 9.25. The van der Waals surface area contributed by atoms with E-state index in [9.17, 15) is 0 Å². The molecule has 14 heavy (non-hydrogen) atoms. The van der Waals surface area contributed by atoms with Crippen LogP contribution in [0.25, 0.3) is 0 Å². The van der Waals surface area contributed by atoms with Crippen LogP contribution >= 0.6 is 86.9 Å². The van der Waals surface area contributed by atoms with Crippen molar-refractivity contribution in [1.82, 2.24) is 0 Å². The number of alkyl halides is 6. The van der Waals surface area contributed by atoms with Gasteiger partial charge in [0, 0.05) is 0 Å². The molecule has 0 fully saturated rings. The quantitative estimate of drug-likeness (QED) is 0.449. The third-order valence-electron chi connectivity index (χ3n) is 1.52. The number of rotatable bonds is 2. The zero-order valence-corrected chi connectivity index (χ0v) is 14.4. The standard InChI is InChI=1S/C8H4Br4Cl2/c9-7(10,13)5-2-1-3-6(4-5)8(11,12)14/h1-4H. The van der Waals surface area contributed by atoms with Crippen molar-refractivity contribution >= 4 is 86.9 Å². The molecular formula is C8H4Br4Cl2. The first kappa shape index (κ1) is 13.8. The van der Waals surface area contributed by atoms with E-state index in [4.69, 9.17) is 23.2 Å². The number of hydrogen-bond acceptors (Lipinski definition) is 0. The summed E-state index contributed by atoms with van der Waals surface area (Å²) in [4.78, 5) is 0. The Balaban J connectivity index is 3.15. The summed E-state index contributed by atoms with van der Waals surface area (Å²) in [5, 5.41) is 0. The van der Waals surface area contributed by atoms with Crippen molar-refractivity contribution in [2.75, 3.05) is 0 Å². The molecule has 0 bridgehead atoms. The first-order valence-electron chi connectivity index (χ1n) is 3.46. The van der Waals surface area contributed by atoms with Gasteiger partial charge in [0.2, 0.25) is 0 Å². The summed E-state index contributed by atoms with van der Waals surface area (Å²) in [5.74, 6) is 0. The molecular weight excluding hydrogens is 487 g/mol. The van der Waals surface area contributed by atoms with Crippen molar-refractivity contribution < 1.29 is 0 Å². The fraction of sp³-hybridized carbons (Fsp3) is 0.250. The average Bonchev–Trinajstić information content (AvgIpc) is 2.01. The van der Waals surface area contributed by atoms with Crippen LogP contribution in [0.2, 0.25) is 0 Å². The molecule has 78 valence electrons. The van der Waals surface area contributed by atoms with Gasteiger partial charge >= 0.3 is 0 Å². The maximum absolute atomic E-state index is 6.04. The van der Waals surface area contributed by atoms with E-state index in [1.807, 2.05) is 24.3 Å². The van der Waals surface area contributed by atoms with E-state index >= 15 is 0 Å². The molecule has 1 rings (SSSR count). The van der Waals surface area contributed by atoms with Gasteiger partial charge in [0.25, 0.3) is 0 Å². The maximum Gasteiger partial charge on any atom is 0.178 e. The van der Waals surface area contributed by atoms with Gasteiger partial charge in [-0.15, -0.1) is 0 Å². The molecule has 0 aliphatic rings. The molecule has 0 aliphatic carbocycles. The van der Waals surface area contributed by atoms with E-state index in [1.165, 1.54) is 0 Å². The van der Waals surface area contributed by atoms with Crippen LogP contribution in [0.15, 0.2) is 24.3 Å². The van der Waals surface area contributed by atoms with Gasteiger partial charge in [0.1, 0.15) is 0 Å². The third-order valence-corrected chi connectivity index (χ3v) is 3.79. The van der Waals surface area contributed by atoms with Crippen LogP contribution in [0.5, 0.6) is 0 Å². The predicted octanol–water partition coefficient (Wildman–Crippen LogP) is 5.96. The Morgan fingerprint density at radius 2 is 1.21 bits per heavy atom. The van der Waals surface area contributed by atoms with Gasteiger partial charge in [-0.25, -0.2) is 0 Å². The Kier molecular flexibility index (Phi) is 4.85. The lowest BCUT2D eigenvalue weighted by molar-refractivity contribution is 1.25. The van der Waals surface area contributed by atoms with Crippen LogP contribution in [-0.2, 0) is 5.39 Å². The highest BCUT2D eigenvalue weighted by Crippen LogP contribution is 2.46. The monoisotopic (exact) mass is 486 g/mol. The van der Waals surface area contributed by atoms with Gasteiger partial charge in [-0.05, 0) is 80.9 Å². The number of hydrogen-bond donors (Lipinski definition) is 0. The molecule has 0 spiro atoms. The van der Waals surface area contributed by atoms with Crippen LogP contribution < -0.4 is 0 Å². The topological polar surface area (TPSA) is 0 Å². The molecule has 0 aliphatic heterocycles. The summed E-state index contributed by atoms with van der Waals surface area (Å²) in [6.07, 6.45) is 0. The number of halogens is 6. The van der Waals surface area contributed by atoms with Crippen LogP contribution in [0, 0.1) is 0 Å². The molecule has 0 unspecified atom stereocenters. The van der Waals surface area contributed by atoms with Crippen LogP contribution in [0.1, 0.15) is 11.1 Å². The first-order chi connectivity index (χ1) is 6.21. The summed E-state index contributed by atoms with van der Waals surface area (Å²) in [6, 6.07) is 7.54. The molecule has 0 atom stereocenters. The molecule has 0 radical (unpaired) electrons. The van der Waals surface area contributed by atoms with Crippen LogP contribution in [0.3, 0.4) is 0 Å². The molecule has 1 aromatic rings. The predicted molar refractivity (Wildman–Crippen MR) is 77.2 cm³/mol. The molecule has 0 nitrogen and oxygen atoms in total. The van der Waals surface area contributed by atoms with E-state index in [2.05, 4.69) is 63.7 Å². The third kappa shape index (κ3) is 3.95. The molecule has 0 saturated heterocycles. The lowest BCUT2D eigenvalue weighted by Crippen LogP contribution is -2.03. The molecule has 1 aromatic carbocycles. The molecule has 0 heterocycles. The largest absolute Gasteiger partial charge is 0.178 e. The van der Waals surface area contributed by atoms with Crippen molar-refractivity contribution in [3.8, 4) is 0 Å². The van der Waals surface area contributed by atoms with Crippen LogP contribution in [-0.4, -0.2) is 0 Å². The molecule has 0 N–H and O–H groups in total. The number of benzene rings is 1. The molecule has 0 saturated carbocycles. The zero-order valence-electron chi connectivity index (χ0n) is 6.58. The minimum absolute atomic E-state index is 0.752. The molecule has 6 heteroatoms. The summed E-state index contributed by atoms with van der Waals surface area (Å²) in [6.45, 7) is 0. The van der Waals surface area contributed by atoms with Crippen molar-refractivity contribution in [1.29, 1.82) is 0 Å². The summed E-state index contributed by atoms with van der Waals surface area (Å²) in [5.41, 5.74) is 1.75. The van der Waals surface area contributed by atoms with Crippen molar-refractivity contribution in [2.45, 2.75) is 5.39 Å². The normalized spacial score (nSPS) is 13.0. The summed E-state index contributed by atoms with van der Waals surface area (Å²) >= 11 is 25.3. The highest BCUT2D eigenvalue weighted by atomic mass is 79.9. The Labute approximate surface area is 126 Å². The summed E-state index contributed by atoms with van der Waals surface area (Å²) in [7, 11) is 0. The minimum Gasteiger partial charge on any atom is -0.0886 e. The van der Waals surface area contributed by atoms with E-state index in [1.54, 1.807) is 0 Å². The van der Waals surface area contributed by atoms with Gasteiger partial charge in [-0.1, -0.05) is 41.4 Å². The Hall–Kier alpha value is 1.72. The average molecular weight is 491 g/mol. The van der Waals surface area contributed by atoms with Gasteiger partial charge in [-0.2, -0.15) is 0 Å². The lowest BCUT2D eigenvalue weighted by Gasteiger charge is -2.17. The smallest absolute Gasteiger partial charge is 0.0886 e. The van der Waals surface area contributed by atoms with E-state index < -0.39 is 5.39 Å². The maximum atomic E-state index is 6.04. The zero-order chi connectivity index (χ0) is 11.0. The second kappa shape index (κ2) is 4.92. The second-order valence-electron chi connectivity index (χ2n) is 2.58. The highest BCUT2D eigenvalue weighted by Gasteiger charge is 2.26. The fourth-order valence-corrected chi connectivity index (χ4v) is 2.09. The van der Waals surface area contributed by atoms with Gasteiger partial charge in [-0.3, -0.25) is 0 Å². The molecule has 0 aromatic heterocycles. The van der Waals surface area contributed by atoms with E-state index in [0.29, 0.717) is 0 Å². The summed E-state index contributed by atoms with van der Waals surface area (Å²) < 4.78 is -1.50. The van der Waals surface area contributed by atoms with E-state index in [0.717, 1.165) is 11.1 Å². The van der Waals surface area contributed by atoms with Crippen molar-refractivity contribution in [3.63, 3.8) is 0 Å². The van der Waals surface area contributed by atoms with Crippen molar-refractivity contribution in [3.05, 3.63) is 35.4 Å². The SMILES string of the molecule is ClC(Br)(Br)c1cccc(C(Cl)(Br)Br)c1.